The van der Waals surface area contributed by atoms with Crippen molar-refractivity contribution in [2.75, 3.05) is 0 Å². The van der Waals surface area contributed by atoms with Gasteiger partial charge in [-0.15, -0.1) is 0 Å². The highest BCUT2D eigenvalue weighted by Gasteiger charge is 2.13. The molecule has 0 unspecified atom stereocenters. The van der Waals surface area contributed by atoms with Crippen molar-refractivity contribution in [1.82, 2.24) is 15.0 Å². The Bertz CT molecular complexity index is 2240. The van der Waals surface area contributed by atoms with Crippen LogP contribution in [-0.2, 0) is 0 Å². The first kappa shape index (κ1) is 27.4. The molecule has 0 amide bonds. The Kier molecular flexibility index (Phi) is 7.18. The number of rotatable bonds is 6. The van der Waals surface area contributed by atoms with E-state index < -0.39 is 0 Å². The fraction of sp³-hybridized carbons (Fsp3) is 0. The van der Waals surface area contributed by atoms with Gasteiger partial charge in [-0.05, 0) is 75.3 Å². The van der Waals surface area contributed by atoms with Crippen LogP contribution in [0.2, 0.25) is 0 Å². The highest BCUT2D eigenvalue weighted by molar-refractivity contribution is 5.99. The number of nitrogens with zero attached hydrogens (tertiary/aromatic N) is 3. The zero-order valence-corrected chi connectivity index (χ0v) is 25.1. The highest BCUT2D eigenvalue weighted by atomic mass is 14.8. The molecule has 5 aromatic carbocycles. The van der Waals surface area contributed by atoms with Crippen molar-refractivity contribution in [3.05, 3.63) is 176 Å². The van der Waals surface area contributed by atoms with Crippen LogP contribution in [-0.4, -0.2) is 15.0 Å². The number of hydrogen-bond donors (Lipinski definition) is 0. The number of pyridine rings is 3. The smallest absolute Gasteiger partial charge is 0.0886 e. The molecular formula is C43H29N3. The second-order valence-corrected chi connectivity index (χ2v) is 11.3. The lowest BCUT2D eigenvalue weighted by atomic mass is 9.95. The van der Waals surface area contributed by atoms with E-state index in [1.54, 1.807) is 6.20 Å². The Morgan fingerprint density at radius 2 is 0.848 bits per heavy atom. The van der Waals surface area contributed by atoms with Gasteiger partial charge < -0.3 is 0 Å². The molecule has 8 rings (SSSR count). The van der Waals surface area contributed by atoms with Crippen LogP contribution < -0.4 is 0 Å². The van der Waals surface area contributed by atoms with Crippen molar-refractivity contribution < 1.29 is 0 Å². The highest BCUT2D eigenvalue weighted by Crippen LogP contribution is 2.36. The number of hydrogen-bond acceptors (Lipinski definition) is 3. The average Bonchev–Trinajstić information content (AvgIpc) is 3.15. The van der Waals surface area contributed by atoms with Gasteiger partial charge in [-0.3, -0.25) is 9.97 Å². The van der Waals surface area contributed by atoms with Gasteiger partial charge in [0.1, 0.15) is 0 Å². The first-order valence-corrected chi connectivity index (χ1v) is 15.4. The Labute approximate surface area is 268 Å². The Balaban J connectivity index is 1.22. The van der Waals surface area contributed by atoms with E-state index in [1.165, 1.54) is 22.3 Å². The third-order valence-corrected chi connectivity index (χ3v) is 8.42. The SMILES string of the molecule is c1ccc(-c2ccc(-c3ccc4nc(-c5ccc(-c6ccccc6)cc5)cc(-c5ccc(-c6ccccn6)nc5)c4c3)cc2)cc1. The third-order valence-electron chi connectivity index (χ3n) is 8.42. The summed E-state index contributed by atoms with van der Waals surface area (Å²) in [5.41, 5.74) is 13.9. The average molecular weight is 588 g/mol. The van der Waals surface area contributed by atoms with Crippen LogP contribution in [0.3, 0.4) is 0 Å². The van der Waals surface area contributed by atoms with Crippen LogP contribution in [0.5, 0.6) is 0 Å². The maximum absolute atomic E-state index is 5.16. The lowest BCUT2D eigenvalue weighted by molar-refractivity contribution is 1.25. The fourth-order valence-corrected chi connectivity index (χ4v) is 5.96. The van der Waals surface area contributed by atoms with E-state index in [1.807, 2.05) is 42.6 Å². The summed E-state index contributed by atoms with van der Waals surface area (Å²) in [4.78, 5) is 14.5. The molecule has 0 saturated carbocycles. The minimum absolute atomic E-state index is 0.846. The molecule has 0 fully saturated rings. The van der Waals surface area contributed by atoms with Gasteiger partial charge in [0, 0.05) is 28.9 Å². The van der Waals surface area contributed by atoms with Crippen molar-refractivity contribution in [3.63, 3.8) is 0 Å². The molecule has 0 radical (unpaired) electrons. The molecule has 3 nitrogen and oxygen atoms in total. The molecule has 3 aromatic heterocycles. The van der Waals surface area contributed by atoms with Gasteiger partial charge in [0.15, 0.2) is 0 Å². The molecule has 0 bridgehead atoms. The van der Waals surface area contributed by atoms with E-state index in [2.05, 4.69) is 132 Å². The predicted octanol–water partition coefficient (Wildman–Crippen LogP) is 11.0. The number of aromatic nitrogens is 3. The van der Waals surface area contributed by atoms with Gasteiger partial charge in [0.05, 0.1) is 22.6 Å². The Morgan fingerprint density at radius 3 is 1.43 bits per heavy atom. The molecule has 0 N–H and O–H groups in total. The van der Waals surface area contributed by atoms with Crippen LogP contribution in [0.4, 0.5) is 0 Å². The Hall–Kier alpha value is -6.19. The van der Waals surface area contributed by atoms with Crippen molar-refractivity contribution in [3.8, 4) is 67.2 Å². The van der Waals surface area contributed by atoms with Crippen molar-refractivity contribution >= 4 is 10.9 Å². The quantitative estimate of drug-likeness (QED) is 0.194. The number of fused-ring (bicyclic) bond motifs is 1. The van der Waals surface area contributed by atoms with Crippen LogP contribution in [0.25, 0.3) is 78.1 Å². The number of benzene rings is 5. The van der Waals surface area contributed by atoms with Gasteiger partial charge in [-0.1, -0.05) is 127 Å². The largest absolute Gasteiger partial charge is 0.255 e. The first-order valence-electron chi connectivity index (χ1n) is 15.4. The maximum atomic E-state index is 5.16. The molecule has 8 aromatic rings. The monoisotopic (exact) mass is 587 g/mol. The van der Waals surface area contributed by atoms with E-state index in [0.717, 1.165) is 55.8 Å². The molecule has 3 heterocycles. The van der Waals surface area contributed by atoms with Crippen LogP contribution in [0.15, 0.2) is 176 Å². The van der Waals surface area contributed by atoms with E-state index >= 15 is 0 Å². The van der Waals surface area contributed by atoms with Gasteiger partial charge in [-0.2, -0.15) is 0 Å². The summed E-state index contributed by atoms with van der Waals surface area (Å²) in [5, 5.41) is 1.08. The Morgan fingerprint density at radius 1 is 0.326 bits per heavy atom. The lowest BCUT2D eigenvalue weighted by Gasteiger charge is -2.13. The van der Waals surface area contributed by atoms with Gasteiger partial charge in [-0.25, -0.2) is 4.98 Å². The molecule has 0 aliphatic rings. The molecule has 0 aliphatic heterocycles. The van der Waals surface area contributed by atoms with E-state index in [0.29, 0.717) is 0 Å². The zero-order chi connectivity index (χ0) is 30.7. The second kappa shape index (κ2) is 12.1. The summed E-state index contributed by atoms with van der Waals surface area (Å²) in [6, 6.07) is 57.2. The van der Waals surface area contributed by atoms with Crippen LogP contribution >= 0.6 is 0 Å². The summed E-state index contributed by atoms with van der Waals surface area (Å²) in [5.74, 6) is 0. The maximum Gasteiger partial charge on any atom is 0.0886 e. The topological polar surface area (TPSA) is 38.7 Å². The van der Waals surface area contributed by atoms with Crippen LogP contribution in [0.1, 0.15) is 0 Å². The van der Waals surface area contributed by atoms with E-state index in [4.69, 9.17) is 9.97 Å². The van der Waals surface area contributed by atoms with Crippen molar-refractivity contribution in [2.24, 2.45) is 0 Å². The molecule has 0 atom stereocenters. The predicted molar refractivity (Wildman–Crippen MR) is 190 cm³/mol. The van der Waals surface area contributed by atoms with E-state index in [9.17, 15) is 0 Å². The zero-order valence-electron chi connectivity index (χ0n) is 25.1. The van der Waals surface area contributed by atoms with Crippen molar-refractivity contribution in [2.45, 2.75) is 0 Å². The molecule has 46 heavy (non-hydrogen) atoms. The first-order chi connectivity index (χ1) is 22.8. The van der Waals surface area contributed by atoms with Crippen molar-refractivity contribution in [1.29, 1.82) is 0 Å². The molecule has 0 spiro atoms. The molecule has 0 saturated heterocycles. The second-order valence-electron chi connectivity index (χ2n) is 11.3. The normalized spacial score (nSPS) is 11.0. The molecule has 3 heteroatoms. The summed E-state index contributed by atoms with van der Waals surface area (Å²) in [7, 11) is 0. The summed E-state index contributed by atoms with van der Waals surface area (Å²) >= 11 is 0. The third kappa shape index (κ3) is 5.47. The fourth-order valence-electron chi connectivity index (χ4n) is 5.96. The van der Waals surface area contributed by atoms with Gasteiger partial charge >= 0.3 is 0 Å². The minimum atomic E-state index is 0.846. The van der Waals surface area contributed by atoms with Crippen LogP contribution in [0, 0.1) is 0 Å². The standard InChI is InChI=1S/C43H29N3/c1-3-9-30(10-4-1)32-14-16-34(17-15-32)36-22-24-40-39(27-36)38(37-23-25-42(45-29-37)41-13-7-8-26-44-41)28-43(46-40)35-20-18-33(19-21-35)31-11-5-2-6-12-31/h1-29H. The molecule has 216 valence electrons. The summed E-state index contributed by atoms with van der Waals surface area (Å²) in [6.07, 6.45) is 3.74. The molecule has 0 aliphatic carbocycles. The van der Waals surface area contributed by atoms with E-state index in [-0.39, 0.29) is 0 Å². The summed E-state index contributed by atoms with van der Waals surface area (Å²) in [6.45, 7) is 0. The molecular weight excluding hydrogens is 558 g/mol. The van der Waals surface area contributed by atoms with Gasteiger partial charge in [0.2, 0.25) is 0 Å². The lowest BCUT2D eigenvalue weighted by Crippen LogP contribution is -1.93. The van der Waals surface area contributed by atoms with Gasteiger partial charge in [0.25, 0.3) is 0 Å². The summed E-state index contributed by atoms with van der Waals surface area (Å²) < 4.78 is 0. The minimum Gasteiger partial charge on any atom is -0.255 e.